The van der Waals surface area contributed by atoms with E-state index in [0.717, 1.165) is 50.2 Å². The molecule has 192 valence electrons. The first-order valence-corrected chi connectivity index (χ1v) is 12.8. The molecule has 0 saturated carbocycles. The minimum absolute atomic E-state index is 0.0109. The third-order valence-corrected chi connectivity index (χ3v) is 6.50. The molecule has 3 heterocycles. The number of carbonyl (C=O) groups is 1. The van der Waals surface area contributed by atoms with Crippen molar-refractivity contribution in [3.63, 3.8) is 0 Å². The van der Waals surface area contributed by atoms with E-state index in [-0.39, 0.29) is 13.2 Å². The molecule has 2 aromatic heterocycles. The largest absolute Gasteiger partial charge is 0.480 e. The summed E-state index contributed by atoms with van der Waals surface area (Å²) in [5.41, 5.74) is 2.33. The lowest BCUT2D eigenvalue weighted by atomic mass is 10.1. The van der Waals surface area contributed by atoms with Gasteiger partial charge in [0, 0.05) is 38.6 Å². The number of hydrogen-bond donors (Lipinski definition) is 3. The van der Waals surface area contributed by atoms with E-state index in [1.54, 1.807) is 6.20 Å². The lowest BCUT2D eigenvalue weighted by molar-refractivity contribution is -0.138. The fraction of sp³-hybridized carbons (Fsp3) is 0.583. The number of aliphatic carboxylic acids is 1. The van der Waals surface area contributed by atoms with E-state index in [1.807, 2.05) is 4.90 Å². The Balaban J connectivity index is 1.52. The highest BCUT2D eigenvalue weighted by Crippen LogP contribution is 2.21. The van der Waals surface area contributed by atoms with Crippen LogP contribution in [0.25, 0.3) is 0 Å². The van der Waals surface area contributed by atoms with Crippen LogP contribution in [-0.4, -0.2) is 83.0 Å². The minimum Gasteiger partial charge on any atom is -0.480 e. The van der Waals surface area contributed by atoms with Gasteiger partial charge in [-0.3, -0.25) is 0 Å². The van der Waals surface area contributed by atoms with Crippen LogP contribution in [0.3, 0.4) is 0 Å². The molecule has 1 aliphatic heterocycles. The topological polar surface area (TPSA) is 113 Å². The monoisotopic (exact) mass is 552 g/mol. The molecule has 0 aromatic carbocycles. The number of aryl methyl sites for hydroxylation is 2. The number of carboxylic acids is 1. The van der Waals surface area contributed by atoms with Crippen molar-refractivity contribution in [1.29, 1.82) is 0 Å². The van der Waals surface area contributed by atoms with Crippen LogP contribution >= 0.6 is 15.9 Å². The van der Waals surface area contributed by atoms with Gasteiger partial charge >= 0.3 is 5.97 Å². The number of fused-ring (bicyclic) bond motifs is 1. The quantitative estimate of drug-likeness (QED) is 0.285. The van der Waals surface area contributed by atoms with Gasteiger partial charge in [0.1, 0.15) is 30.2 Å². The maximum atomic E-state index is 14.3. The zero-order valence-electron chi connectivity index (χ0n) is 20.1. The fourth-order valence-electron chi connectivity index (χ4n) is 4.11. The number of ether oxygens (including phenoxy) is 1. The molecule has 0 spiro atoms. The molecule has 1 aliphatic rings. The van der Waals surface area contributed by atoms with Crippen molar-refractivity contribution in [1.82, 2.24) is 19.9 Å². The Bertz CT molecular complexity index is 953. The third-order valence-electron chi connectivity index (χ3n) is 5.92. The van der Waals surface area contributed by atoms with Gasteiger partial charge in [-0.15, -0.1) is 0 Å². The zero-order valence-corrected chi connectivity index (χ0v) is 21.6. The predicted octanol–water partition coefficient (Wildman–Crippen LogP) is 3.56. The Labute approximate surface area is 214 Å². The first-order valence-electron chi connectivity index (χ1n) is 12.0. The maximum Gasteiger partial charge on any atom is 0.326 e. The van der Waals surface area contributed by atoms with Gasteiger partial charge in [-0.1, -0.05) is 6.07 Å². The second kappa shape index (κ2) is 14.3. The standard InChI is InChI=1S/C24H34BrFN6O3/c1-35-15-18(26)14-32(12-9-21(24(33)34)31-23-20(25)13-27-16-29-23)11-3-2-6-19-8-7-17-5-4-10-28-22(17)30-19/h7-8,13,16,18,21H,2-6,9-12,14-15H2,1H3,(H,28,30)(H,33,34)(H,27,29,31)/t18-,21-/m0/s1. The van der Waals surface area contributed by atoms with Crippen LogP contribution in [0.1, 0.15) is 36.9 Å². The SMILES string of the molecule is COC[C@@H](F)CN(CCCCc1ccc2c(n1)NCCC2)CC[C@H](Nc1ncncc1Br)C(=O)O. The van der Waals surface area contributed by atoms with Crippen molar-refractivity contribution in [3.05, 3.63) is 40.4 Å². The lowest BCUT2D eigenvalue weighted by Crippen LogP contribution is -2.38. The van der Waals surface area contributed by atoms with Gasteiger partial charge in [-0.05, 0) is 72.6 Å². The van der Waals surface area contributed by atoms with E-state index in [4.69, 9.17) is 9.72 Å². The number of alkyl halides is 1. The van der Waals surface area contributed by atoms with Gasteiger partial charge in [0.25, 0.3) is 0 Å². The highest BCUT2D eigenvalue weighted by atomic mass is 79.9. The average Bonchev–Trinajstić information content (AvgIpc) is 2.85. The van der Waals surface area contributed by atoms with Crippen LogP contribution in [0.5, 0.6) is 0 Å². The van der Waals surface area contributed by atoms with Crippen molar-refractivity contribution in [2.45, 2.75) is 50.7 Å². The number of unbranched alkanes of at least 4 members (excludes halogenated alkanes) is 1. The third kappa shape index (κ3) is 8.97. The number of nitrogens with zero attached hydrogens (tertiary/aromatic N) is 4. The molecule has 11 heteroatoms. The van der Waals surface area contributed by atoms with Crippen molar-refractivity contribution in [2.24, 2.45) is 0 Å². The Morgan fingerprint density at radius 2 is 2.23 bits per heavy atom. The maximum absolute atomic E-state index is 14.3. The van der Waals surface area contributed by atoms with E-state index >= 15 is 0 Å². The summed E-state index contributed by atoms with van der Waals surface area (Å²) in [7, 11) is 1.47. The van der Waals surface area contributed by atoms with Gasteiger partial charge in [0.05, 0.1) is 11.1 Å². The van der Waals surface area contributed by atoms with E-state index in [9.17, 15) is 14.3 Å². The van der Waals surface area contributed by atoms with Gasteiger partial charge < -0.3 is 25.4 Å². The number of anilines is 2. The molecule has 35 heavy (non-hydrogen) atoms. The van der Waals surface area contributed by atoms with Crippen LogP contribution in [0, 0.1) is 0 Å². The number of aromatic nitrogens is 3. The summed E-state index contributed by atoms with van der Waals surface area (Å²) in [4.78, 5) is 26.5. The van der Waals surface area contributed by atoms with Crippen LogP contribution in [0.15, 0.2) is 29.1 Å². The van der Waals surface area contributed by atoms with Crippen LogP contribution < -0.4 is 10.6 Å². The number of pyridine rings is 1. The van der Waals surface area contributed by atoms with Crippen molar-refractivity contribution in [2.75, 3.05) is 50.5 Å². The summed E-state index contributed by atoms with van der Waals surface area (Å²) in [5.74, 6) is 0.419. The van der Waals surface area contributed by atoms with E-state index in [1.165, 1.54) is 19.0 Å². The number of hydrogen-bond acceptors (Lipinski definition) is 8. The molecule has 0 bridgehead atoms. The summed E-state index contributed by atoms with van der Waals surface area (Å²) in [5, 5.41) is 16.0. The van der Waals surface area contributed by atoms with E-state index in [0.29, 0.717) is 29.8 Å². The van der Waals surface area contributed by atoms with Crippen LogP contribution in [0.4, 0.5) is 16.0 Å². The molecule has 2 atom stereocenters. The second-order valence-electron chi connectivity index (χ2n) is 8.69. The molecule has 2 aromatic rings. The molecule has 0 saturated heterocycles. The molecule has 0 aliphatic carbocycles. The molecule has 3 rings (SSSR count). The summed E-state index contributed by atoms with van der Waals surface area (Å²) in [6, 6.07) is 3.38. The first-order chi connectivity index (χ1) is 17.0. The Kier molecular flexibility index (Phi) is 11.1. The Morgan fingerprint density at radius 3 is 3.00 bits per heavy atom. The summed E-state index contributed by atoms with van der Waals surface area (Å²) >= 11 is 3.32. The highest BCUT2D eigenvalue weighted by molar-refractivity contribution is 9.10. The van der Waals surface area contributed by atoms with E-state index < -0.39 is 18.2 Å². The molecule has 0 amide bonds. The first kappa shape index (κ1) is 27.2. The van der Waals surface area contributed by atoms with Gasteiger partial charge in [-0.25, -0.2) is 24.1 Å². The average molecular weight is 553 g/mol. The van der Waals surface area contributed by atoms with Crippen LogP contribution in [0.2, 0.25) is 0 Å². The predicted molar refractivity (Wildman–Crippen MR) is 137 cm³/mol. The molecule has 0 radical (unpaired) electrons. The molecule has 3 N–H and O–H groups in total. The van der Waals surface area contributed by atoms with Crippen molar-refractivity contribution < 1.29 is 19.0 Å². The molecular formula is C24H34BrFN6O3. The second-order valence-corrected chi connectivity index (χ2v) is 9.55. The highest BCUT2D eigenvalue weighted by Gasteiger charge is 2.21. The number of halogens is 2. The van der Waals surface area contributed by atoms with Crippen molar-refractivity contribution in [3.8, 4) is 0 Å². The van der Waals surface area contributed by atoms with Gasteiger partial charge in [0.2, 0.25) is 0 Å². The fourth-order valence-corrected chi connectivity index (χ4v) is 4.45. The number of carboxylic acid groups (broad SMARTS) is 1. The Morgan fingerprint density at radius 1 is 1.37 bits per heavy atom. The smallest absolute Gasteiger partial charge is 0.326 e. The van der Waals surface area contributed by atoms with Crippen LogP contribution in [-0.2, 0) is 22.4 Å². The Hall–Kier alpha value is -2.37. The molecular weight excluding hydrogens is 519 g/mol. The number of methoxy groups -OCH3 is 1. The molecule has 0 unspecified atom stereocenters. The normalized spacial score (nSPS) is 14.7. The minimum atomic E-state index is -1.14. The summed E-state index contributed by atoms with van der Waals surface area (Å²) in [6.45, 7) is 2.26. The summed E-state index contributed by atoms with van der Waals surface area (Å²) in [6.07, 6.45) is 6.88. The number of rotatable bonds is 15. The molecule has 0 fully saturated rings. The number of nitrogens with one attached hydrogen (secondary N) is 2. The lowest BCUT2D eigenvalue weighted by Gasteiger charge is -2.26. The molecule has 9 nitrogen and oxygen atoms in total. The van der Waals surface area contributed by atoms with E-state index in [2.05, 4.69) is 48.7 Å². The zero-order chi connectivity index (χ0) is 25.0. The van der Waals surface area contributed by atoms with Gasteiger partial charge in [0.15, 0.2) is 0 Å². The summed E-state index contributed by atoms with van der Waals surface area (Å²) < 4.78 is 19.9. The van der Waals surface area contributed by atoms with Gasteiger partial charge in [-0.2, -0.15) is 0 Å². The van der Waals surface area contributed by atoms with Crippen molar-refractivity contribution >= 4 is 33.5 Å².